The minimum Gasteiger partial charge on any atom is -0.443 e. The molecule has 0 spiro atoms. The highest BCUT2D eigenvalue weighted by molar-refractivity contribution is 9.10. The van der Waals surface area contributed by atoms with E-state index in [2.05, 4.69) is 15.9 Å². The molecule has 0 aliphatic rings. The van der Waals surface area contributed by atoms with Crippen molar-refractivity contribution in [1.29, 1.82) is 0 Å². The van der Waals surface area contributed by atoms with Gasteiger partial charge in [0.05, 0.1) is 10.5 Å². The number of para-hydroxylation sites is 1. The first-order valence-electron chi connectivity index (χ1n) is 5.48. The Morgan fingerprint density at radius 2 is 2.06 bits per heavy atom. The normalized spacial score (nSPS) is 11.8. The number of benzene rings is 1. The van der Waals surface area contributed by atoms with Crippen LogP contribution in [0.2, 0.25) is 5.02 Å². The molecule has 3 nitrogen and oxygen atoms in total. The van der Waals surface area contributed by atoms with Crippen molar-refractivity contribution in [1.82, 2.24) is 4.57 Å². The second-order valence-electron chi connectivity index (χ2n) is 4.96. The zero-order chi connectivity index (χ0) is 13.5. The fourth-order valence-corrected chi connectivity index (χ4v) is 2.45. The second kappa shape index (κ2) is 4.59. The second-order valence-corrected chi connectivity index (χ2v) is 6.22. The summed E-state index contributed by atoms with van der Waals surface area (Å²) in [5, 5.41) is 1.40. The van der Waals surface area contributed by atoms with Crippen LogP contribution in [0.25, 0.3) is 10.9 Å². The maximum Gasteiger partial charge on any atom is 0.419 e. The molecule has 1 aromatic carbocycles. The number of halogens is 2. The molecule has 0 radical (unpaired) electrons. The van der Waals surface area contributed by atoms with Crippen molar-refractivity contribution >= 4 is 44.5 Å². The summed E-state index contributed by atoms with van der Waals surface area (Å²) in [6.45, 7) is 5.48. The van der Waals surface area contributed by atoms with Crippen LogP contribution >= 0.6 is 27.5 Å². The highest BCUT2D eigenvalue weighted by atomic mass is 79.9. The molecular formula is C13H13BrClNO2. The smallest absolute Gasteiger partial charge is 0.419 e. The number of carbonyl (C=O) groups excluding carboxylic acids is 1. The molecule has 18 heavy (non-hydrogen) atoms. The van der Waals surface area contributed by atoms with E-state index in [-0.39, 0.29) is 0 Å². The lowest BCUT2D eigenvalue weighted by Gasteiger charge is -2.19. The third-order valence-electron chi connectivity index (χ3n) is 2.32. The predicted octanol–water partition coefficient (Wildman–Crippen LogP) is 4.84. The van der Waals surface area contributed by atoms with E-state index in [1.165, 1.54) is 4.57 Å². The van der Waals surface area contributed by atoms with Gasteiger partial charge in [-0.1, -0.05) is 23.7 Å². The van der Waals surface area contributed by atoms with E-state index in [4.69, 9.17) is 16.3 Å². The Morgan fingerprint density at radius 3 is 2.67 bits per heavy atom. The number of rotatable bonds is 0. The van der Waals surface area contributed by atoms with Crippen molar-refractivity contribution in [2.75, 3.05) is 0 Å². The van der Waals surface area contributed by atoms with E-state index in [1.54, 1.807) is 12.3 Å². The molecule has 2 rings (SSSR count). The summed E-state index contributed by atoms with van der Waals surface area (Å²) in [5.41, 5.74) is 0.113. The monoisotopic (exact) mass is 329 g/mol. The number of fused-ring (bicyclic) bond motifs is 1. The molecule has 2 aromatic rings. The summed E-state index contributed by atoms with van der Waals surface area (Å²) in [6.07, 6.45) is 1.23. The van der Waals surface area contributed by atoms with Crippen molar-refractivity contribution < 1.29 is 9.53 Å². The van der Waals surface area contributed by atoms with Crippen LogP contribution < -0.4 is 0 Å². The molecule has 0 atom stereocenters. The van der Waals surface area contributed by atoms with Gasteiger partial charge in [0.25, 0.3) is 0 Å². The van der Waals surface area contributed by atoms with Gasteiger partial charge in [-0.15, -0.1) is 0 Å². The summed E-state index contributed by atoms with van der Waals surface area (Å²) in [5.74, 6) is 0. The highest BCUT2D eigenvalue weighted by Gasteiger charge is 2.21. The number of aromatic nitrogens is 1. The Kier molecular flexibility index (Phi) is 3.43. The van der Waals surface area contributed by atoms with Crippen LogP contribution in [0.3, 0.4) is 0 Å². The first kappa shape index (κ1) is 13.4. The van der Waals surface area contributed by atoms with E-state index < -0.39 is 11.7 Å². The van der Waals surface area contributed by atoms with Crippen molar-refractivity contribution in [3.05, 3.63) is 33.9 Å². The molecule has 0 saturated heterocycles. The van der Waals surface area contributed by atoms with Gasteiger partial charge in [-0.2, -0.15) is 0 Å². The van der Waals surface area contributed by atoms with E-state index >= 15 is 0 Å². The number of carbonyl (C=O) groups is 1. The number of nitrogens with zero attached hydrogens (tertiary/aromatic N) is 1. The summed E-state index contributed by atoms with van der Waals surface area (Å²) < 4.78 is 7.58. The summed E-state index contributed by atoms with van der Waals surface area (Å²) in [6, 6.07) is 5.48. The van der Waals surface area contributed by atoms with Crippen molar-refractivity contribution in [2.45, 2.75) is 26.4 Å². The first-order valence-corrected chi connectivity index (χ1v) is 6.65. The maximum absolute atomic E-state index is 12.1. The zero-order valence-corrected chi connectivity index (χ0v) is 12.7. The van der Waals surface area contributed by atoms with Crippen molar-refractivity contribution in [3.63, 3.8) is 0 Å². The van der Waals surface area contributed by atoms with Crippen LogP contribution in [0.15, 0.2) is 28.9 Å². The van der Waals surface area contributed by atoms with Crippen molar-refractivity contribution in [3.8, 4) is 0 Å². The van der Waals surface area contributed by atoms with Gasteiger partial charge in [-0.3, -0.25) is 0 Å². The number of hydrogen-bond acceptors (Lipinski definition) is 2. The maximum atomic E-state index is 12.1. The van der Waals surface area contributed by atoms with E-state index in [1.807, 2.05) is 32.9 Å². The molecule has 0 amide bonds. The first-order chi connectivity index (χ1) is 8.29. The van der Waals surface area contributed by atoms with Crippen LogP contribution in [0.1, 0.15) is 20.8 Å². The fraction of sp³-hybridized carbons (Fsp3) is 0.308. The van der Waals surface area contributed by atoms with Gasteiger partial charge in [0.15, 0.2) is 0 Å². The molecule has 1 aromatic heterocycles. The van der Waals surface area contributed by atoms with Gasteiger partial charge in [0, 0.05) is 16.1 Å². The minimum atomic E-state index is -0.540. The largest absolute Gasteiger partial charge is 0.443 e. The Labute approximate surface area is 119 Å². The molecule has 5 heteroatoms. The van der Waals surface area contributed by atoms with Crippen LogP contribution in [-0.2, 0) is 4.74 Å². The van der Waals surface area contributed by atoms with Gasteiger partial charge in [-0.05, 0) is 42.8 Å². The number of ether oxygens (including phenoxy) is 1. The third-order valence-corrected chi connectivity index (χ3v) is 3.25. The summed E-state index contributed by atoms with van der Waals surface area (Å²) in [4.78, 5) is 12.1. The molecule has 0 fully saturated rings. The average Bonchev–Trinajstić information content (AvgIpc) is 2.56. The lowest BCUT2D eigenvalue weighted by molar-refractivity contribution is 0.0544. The fourth-order valence-electron chi connectivity index (χ4n) is 1.66. The van der Waals surface area contributed by atoms with E-state index in [0.29, 0.717) is 10.5 Å². The zero-order valence-electron chi connectivity index (χ0n) is 10.3. The molecule has 0 aliphatic heterocycles. The van der Waals surface area contributed by atoms with E-state index in [9.17, 15) is 4.79 Å². The van der Waals surface area contributed by atoms with Gasteiger partial charge in [0.2, 0.25) is 0 Å². The SMILES string of the molecule is CC(C)(C)OC(=O)n1cc(Br)c2cccc(Cl)c21. The average molecular weight is 331 g/mol. The Hall–Kier alpha value is -1.00. The Morgan fingerprint density at radius 1 is 1.39 bits per heavy atom. The lowest BCUT2D eigenvalue weighted by atomic mass is 10.2. The number of hydrogen-bond donors (Lipinski definition) is 0. The van der Waals surface area contributed by atoms with Crippen LogP contribution in [0, 0.1) is 0 Å². The predicted molar refractivity (Wildman–Crippen MR) is 76.3 cm³/mol. The van der Waals surface area contributed by atoms with Gasteiger partial charge >= 0.3 is 6.09 Å². The van der Waals surface area contributed by atoms with Gasteiger partial charge in [-0.25, -0.2) is 9.36 Å². The van der Waals surface area contributed by atoms with Crippen molar-refractivity contribution in [2.24, 2.45) is 0 Å². The summed E-state index contributed by atoms with van der Waals surface area (Å²) in [7, 11) is 0. The van der Waals surface area contributed by atoms with E-state index in [0.717, 1.165) is 9.86 Å². The molecule has 0 bridgehead atoms. The highest BCUT2D eigenvalue weighted by Crippen LogP contribution is 2.31. The molecular weight excluding hydrogens is 318 g/mol. The molecule has 0 N–H and O–H groups in total. The van der Waals surface area contributed by atoms with Gasteiger partial charge in [0.1, 0.15) is 5.60 Å². The molecule has 0 saturated carbocycles. The quantitative estimate of drug-likeness (QED) is 0.692. The summed E-state index contributed by atoms with van der Waals surface area (Å²) >= 11 is 9.55. The van der Waals surface area contributed by atoms with Crippen LogP contribution in [0.5, 0.6) is 0 Å². The minimum absolute atomic E-state index is 0.439. The Balaban J connectivity index is 2.55. The molecule has 96 valence electrons. The standard InChI is InChI=1S/C13H13BrClNO2/c1-13(2,3)18-12(17)16-7-9(14)8-5-4-6-10(15)11(8)16/h4-7H,1-3H3. The molecule has 0 aliphatic carbocycles. The molecule has 0 unspecified atom stereocenters. The lowest BCUT2D eigenvalue weighted by Crippen LogP contribution is -2.26. The molecule has 1 heterocycles. The Bertz CT molecular complexity index is 613. The van der Waals surface area contributed by atoms with Crippen LogP contribution in [-0.4, -0.2) is 16.3 Å². The third kappa shape index (κ3) is 2.54. The van der Waals surface area contributed by atoms with Crippen LogP contribution in [0.4, 0.5) is 4.79 Å². The topological polar surface area (TPSA) is 31.2 Å². The van der Waals surface area contributed by atoms with Gasteiger partial charge < -0.3 is 4.74 Å².